The molecular formula is C13H20O5. The van der Waals surface area contributed by atoms with E-state index in [1.54, 1.807) is 13.8 Å². The maximum Gasteiger partial charge on any atom is 0.332 e. The number of hydrogen-bond donors (Lipinski definition) is 3. The minimum Gasteiger partial charge on any atom is -0.481 e. The van der Waals surface area contributed by atoms with Crippen LogP contribution in [0.2, 0.25) is 0 Å². The highest BCUT2D eigenvalue weighted by molar-refractivity contribution is 5.91. The van der Waals surface area contributed by atoms with Crippen molar-refractivity contribution in [2.24, 2.45) is 11.3 Å². The molecule has 1 aliphatic carbocycles. The van der Waals surface area contributed by atoms with Crippen molar-refractivity contribution >= 4 is 11.9 Å². The summed E-state index contributed by atoms with van der Waals surface area (Å²) in [6.07, 6.45) is 5.31. The van der Waals surface area contributed by atoms with E-state index in [4.69, 9.17) is 15.3 Å². The summed E-state index contributed by atoms with van der Waals surface area (Å²) in [6.45, 7) is 5.49. The lowest BCUT2D eigenvalue weighted by molar-refractivity contribution is -0.143. The van der Waals surface area contributed by atoms with Crippen LogP contribution in [0.1, 0.15) is 27.2 Å². The Labute approximate surface area is 106 Å². The molecule has 102 valence electrons. The van der Waals surface area contributed by atoms with Crippen molar-refractivity contribution in [2.45, 2.75) is 27.2 Å². The fourth-order valence-corrected chi connectivity index (χ4v) is 1.62. The standard InChI is InChI=1S/C10H12O4.C3H8O/c1-10(2)6(8(11)12)4-3-5-7(10)9(13)14;1-2-3-4/h3-6H,1-2H3,(H,11,12)(H,13,14);4H,2-3H2,1H3. The molecule has 3 N–H and O–H groups in total. The number of carbonyl (C=O) groups is 2. The van der Waals surface area contributed by atoms with E-state index in [0.717, 1.165) is 6.42 Å². The molecule has 1 aliphatic rings. The van der Waals surface area contributed by atoms with Crippen molar-refractivity contribution in [3.8, 4) is 0 Å². The van der Waals surface area contributed by atoms with Crippen LogP contribution in [-0.4, -0.2) is 33.9 Å². The van der Waals surface area contributed by atoms with Gasteiger partial charge in [-0.05, 0) is 6.42 Å². The molecular weight excluding hydrogens is 236 g/mol. The van der Waals surface area contributed by atoms with Gasteiger partial charge in [0.2, 0.25) is 0 Å². The molecule has 1 atom stereocenters. The predicted octanol–water partition coefficient (Wildman–Crippen LogP) is 1.68. The van der Waals surface area contributed by atoms with Crippen molar-refractivity contribution in [3.05, 3.63) is 23.8 Å². The Balaban J connectivity index is 0.000000631. The Hall–Kier alpha value is -1.62. The molecule has 0 fully saturated rings. The van der Waals surface area contributed by atoms with Crippen molar-refractivity contribution in [2.75, 3.05) is 6.61 Å². The van der Waals surface area contributed by atoms with E-state index in [1.807, 2.05) is 6.92 Å². The zero-order chi connectivity index (χ0) is 14.3. The molecule has 0 aliphatic heterocycles. The normalized spacial score (nSPS) is 20.4. The first-order chi connectivity index (χ1) is 8.28. The van der Waals surface area contributed by atoms with Gasteiger partial charge in [-0.1, -0.05) is 39.0 Å². The van der Waals surface area contributed by atoms with Gasteiger partial charge in [0.25, 0.3) is 0 Å². The highest BCUT2D eigenvalue weighted by Crippen LogP contribution is 2.38. The topological polar surface area (TPSA) is 94.8 Å². The van der Waals surface area contributed by atoms with E-state index in [0.29, 0.717) is 6.61 Å². The summed E-state index contributed by atoms with van der Waals surface area (Å²) in [6, 6.07) is 0. The van der Waals surface area contributed by atoms with Crippen molar-refractivity contribution in [1.29, 1.82) is 0 Å². The van der Waals surface area contributed by atoms with Crippen LogP contribution in [0, 0.1) is 11.3 Å². The molecule has 1 rings (SSSR count). The molecule has 0 heterocycles. The number of aliphatic hydroxyl groups excluding tert-OH is 1. The summed E-state index contributed by atoms with van der Waals surface area (Å²) < 4.78 is 0. The molecule has 1 unspecified atom stereocenters. The fourth-order valence-electron chi connectivity index (χ4n) is 1.62. The first-order valence-electron chi connectivity index (χ1n) is 5.74. The quantitative estimate of drug-likeness (QED) is 0.714. The fraction of sp³-hybridized carbons (Fsp3) is 0.538. The smallest absolute Gasteiger partial charge is 0.332 e. The number of rotatable bonds is 3. The van der Waals surface area contributed by atoms with E-state index in [1.165, 1.54) is 18.2 Å². The number of allylic oxidation sites excluding steroid dienone is 2. The zero-order valence-corrected chi connectivity index (χ0v) is 10.9. The van der Waals surface area contributed by atoms with Gasteiger partial charge in [-0.25, -0.2) is 4.79 Å². The lowest BCUT2D eigenvalue weighted by Crippen LogP contribution is -2.35. The van der Waals surface area contributed by atoms with Gasteiger partial charge >= 0.3 is 11.9 Å². The monoisotopic (exact) mass is 256 g/mol. The number of carboxylic acid groups (broad SMARTS) is 2. The second-order valence-electron chi connectivity index (χ2n) is 4.53. The molecule has 0 radical (unpaired) electrons. The average Bonchev–Trinajstić information content (AvgIpc) is 2.27. The van der Waals surface area contributed by atoms with Gasteiger partial charge in [0.1, 0.15) is 0 Å². The van der Waals surface area contributed by atoms with Crippen LogP contribution >= 0.6 is 0 Å². The predicted molar refractivity (Wildman–Crippen MR) is 67.1 cm³/mol. The van der Waals surface area contributed by atoms with Crippen molar-refractivity contribution in [1.82, 2.24) is 0 Å². The highest BCUT2D eigenvalue weighted by Gasteiger charge is 2.40. The maximum atomic E-state index is 10.9. The second kappa shape index (κ2) is 6.96. The highest BCUT2D eigenvalue weighted by atomic mass is 16.4. The van der Waals surface area contributed by atoms with Crippen LogP contribution in [0.5, 0.6) is 0 Å². The van der Waals surface area contributed by atoms with Gasteiger partial charge in [-0.15, -0.1) is 0 Å². The molecule has 0 spiro atoms. The first kappa shape index (κ1) is 16.4. The number of hydrogen-bond acceptors (Lipinski definition) is 3. The summed E-state index contributed by atoms with van der Waals surface area (Å²) in [5, 5.41) is 25.7. The van der Waals surface area contributed by atoms with Crippen molar-refractivity contribution in [3.63, 3.8) is 0 Å². The van der Waals surface area contributed by atoms with Gasteiger partial charge in [-0.2, -0.15) is 0 Å². The minimum atomic E-state index is -1.06. The average molecular weight is 256 g/mol. The molecule has 0 saturated carbocycles. The lowest BCUT2D eigenvalue weighted by Gasteiger charge is -2.32. The Morgan fingerprint density at radius 1 is 1.33 bits per heavy atom. The molecule has 5 heteroatoms. The SMILES string of the molecule is CC1(C)C(C(=O)O)=CC=CC1C(=O)O.CCCO. The third-order valence-electron chi connectivity index (χ3n) is 2.76. The van der Waals surface area contributed by atoms with Crippen LogP contribution in [0.15, 0.2) is 23.8 Å². The Morgan fingerprint density at radius 3 is 2.17 bits per heavy atom. The van der Waals surface area contributed by atoms with Crippen LogP contribution in [-0.2, 0) is 9.59 Å². The third kappa shape index (κ3) is 4.00. The van der Waals surface area contributed by atoms with Crippen molar-refractivity contribution < 1.29 is 24.9 Å². The molecule has 5 nitrogen and oxygen atoms in total. The molecule has 0 aromatic rings. The van der Waals surface area contributed by atoms with Crippen LogP contribution in [0.25, 0.3) is 0 Å². The molecule has 0 bridgehead atoms. The maximum absolute atomic E-state index is 10.9. The summed E-state index contributed by atoms with van der Waals surface area (Å²) in [7, 11) is 0. The Kier molecular flexibility index (Phi) is 6.33. The second-order valence-corrected chi connectivity index (χ2v) is 4.53. The van der Waals surface area contributed by atoms with Gasteiger partial charge in [0, 0.05) is 17.6 Å². The first-order valence-corrected chi connectivity index (χ1v) is 5.74. The lowest BCUT2D eigenvalue weighted by atomic mass is 9.70. The molecule has 0 saturated heterocycles. The number of carboxylic acids is 2. The van der Waals surface area contributed by atoms with Gasteiger partial charge < -0.3 is 15.3 Å². The molecule has 18 heavy (non-hydrogen) atoms. The van der Waals surface area contributed by atoms with E-state index in [9.17, 15) is 9.59 Å². The van der Waals surface area contributed by atoms with Gasteiger partial charge in [0.15, 0.2) is 0 Å². The minimum absolute atomic E-state index is 0.132. The summed E-state index contributed by atoms with van der Waals surface area (Å²) >= 11 is 0. The van der Waals surface area contributed by atoms with Crippen LogP contribution in [0.3, 0.4) is 0 Å². The van der Waals surface area contributed by atoms with E-state index < -0.39 is 23.3 Å². The largest absolute Gasteiger partial charge is 0.481 e. The molecule has 0 amide bonds. The zero-order valence-electron chi connectivity index (χ0n) is 10.9. The van der Waals surface area contributed by atoms with Gasteiger partial charge in [-0.3, -0.25) is 4.79 Å². The number of aliphatic carboxylic acids is 2. The Morgan fingerprint density at radius 2 is 1.83 bits per heavy atom. The van der Waals surface area contributed by atoms with Crippen LogP contribution in [0.4, 0.5) is 0 Å². The van der Waals surface area contributed by atoms with E-state index in [2.05, 4.69) is 0 Å². The molecule has 0 aromatic carbocycles. The van der Waals surface area contributed by atoms with E-state index >= 15 is 0 Å². The molecule has 0 aromatic heterocycles. The summed E-state index contributed by atoms with van der Waals surface area (Å²) in [5.74, 6) is -2.85. The third-order valence-corrected chi connectivity index (χ3v) is 2.76. The Bertz CT molecular complexity index is 364. The number of aliphatic hydroxyl groups is 1. The van der Waals surface area contributed by atoms with E-state index in [-0.39, 0.29) is 5.57 Å². The van der Waals surface area contributed by atoms with Crippen LogP contribution < -0.4 is 0 Å². The summed E-state index contributed by atoms with van der Waals surface area (Å²) in [4.78, 5) is 21.7. The van der Waals surface area contributed by atoms with Gasteiger partial charge in [0.05, 0.1) is 5.92 Å². The summed E-state index contributed by atoms with van der Waals surface area (Å²) in [5.41, 5.74) is -0.737.